The molecule has 6 heteroatoms. The predicted molar refractivity (Wildman–Crippen MR) is 111 cm³/mol. The molecule has 2 aromatic heterocycles. The van der Waals surface area contributed by atoms with Crippen LogP contribution in [0.3, 0.4) is 0 Å². The Hall–Kier alpha value is -2.91. The second-order valence-electron chi connectivity index (χ2n) is 7.94. The summed E-state index contributed by atoms with van der Waals surface area (Å²) in [7, 11) is 0. The molecule has 5 rings (SSSR count). The molecule has 6 nitrogen and oxygen atoms in total. The molecular formula is C22H24N6. The highest BCUT2D eigenvalue weighted by atomic mass is 15.3. The molecule has 2 aliphatic rings. The molecule has 28 heavy (non-hydrogen) atoms. The van der Waals surface area contributed by atoms with Gasteiger partial charge in [0.2, 0.25) is 11.6 Å². The van der Waals surface area contributed by atoms with Crippen LogP contribution in [0.15, 0.2) is 42.6 Å². The maximum Gasteiger partial charge on any atom is 0.206 e. The van der Waals surface area contributed by atoms with Crippen molar-refractivity contribution in [2.45, 2.75) is 37.8 Å². The number of nitrogens with zero attached hydrogens (tertiary/aromatic N) is 5. The molecular weight excluding hydrogens is 348 g/mol. The van der Waals surface area contributed by atoms with Crippen LogP contribution in [-0.2, 0) is 6.54 Å². The van der Waals surface area contributed by atoms with Crippen molar-refractivity contribution in [1.29, 1.82) is 0 Å². The van der Waals surface area contributed by atoms with Crippen molar-refractivity contribution in [2.75, 3.05) is 24.5 Å². The third-order valence-corrected chi connectivity index (χ3v) is 6.08. The Kier molecular flexibility index (Phi) is 4.25. The Morgan fingerprint density at radius 1 is 1.14 bits per heavy atom. The first kappa shape index (κ1) is 17.2. The third-order valence-electron chi connectivity index (χ3n) is 6.08. The number of imidazole rings is 1. The lowest BCUT2D eigenvalue weighted by Gasteiger charge is -2.41. The molecule has 1 N–H and O–H groups in total. The minimum atomic E-state index is 0.247. The van der Waals surface area contributed by atoms with Gasteiger partial charge in [0.15, 0.2) is 0 Å². The van der Waals surface area contributed by atoms with Crippen molar-refractivity contribution in [3.05, 3.63) is 59.7 Å². The van der Waals surface area contributed by atoms with Crippen LogP contribution in [-0.4, -0.2) is 39.7 Å². The molecule has 2 aliphatic heterocycles. The van der Waals surface area contributed by atoms with E-state index in [0.717, 1.165) is 42.3 Å². The smallest absolute Gasteiger partial charge is 0.206 e. The van der Waals surface area contributed by atoms with Gasteiger partial charge < -0.3 is 14.8 Å². The Balaban J connectivity index is 1.53. The lowest BCUT2D eigenvalue weighted by molar-refractivity contribution is 0.305. The molecule has 3 aromatic rings. The van der Waals surface area contributed by atoms with Gasteiger partial charge in [0.25, 0.3) is 0 Å². The van der Waals surface area contributed by atoms with E-state index in [9.17, 15) is 0 Å². The average Bonchev–Trinajstić information content (AvgIpc) is 3.34. The van der Waals surface area contributed by atoms with Crippen molar-refractivity contribution in [3.63, 3.8) is 0 Å². The first-order chi connectivity index (χ1) is 13.8. The number of aromatic nitrogens is 3. The van der Waals surface area contributed by atoms with Gasteiger partial charge in [-0.1, -0.05) is 18.2 Å². The van der Waals surface area contributed by atoms with E-state index in [2.05, 4.69) is 42.8 Å². The molecule has 142 valence electrons. The van der Waals surface area contributed by atoms with E-state index in [1.807, 2.05) is 18.2 Å². The fourth-order valence-electron chi connectivity index (χ4n) is 4.72. The van der Waals surface area contributed by atoms with E-state index in [4.69, 9.17) is 11.6 Å². The molecule has 0 bridgehead atoms. The maximum absolute atomic E-state index is 7.12. The highest BCUT2D eigenvalue weighted by Crippen LogP contribution is 2.33. The normalized spacial score (nSPS) is 22.0. The average molecular weight is 372 g/mol. The summed E-state index contributed by atoms with van der Waals surface area (Å²) in [4.78, 5) is 15.4. The number of hydrogen-bond donors (Lipinski definition) is 1. The Labute approximate surface area is 165 Å². The SMILES string of the molecule is [C-]#[N+]c1ccc(Cn2c(N3CCCC4(CCCN4)C3)nc3ccccc32)nc1. The zero-order valence-electron chi connectivity index (χ0n) is 15.9. The van der Waals surface area contributed by atoms with Crippen LogP contribution in [0.1, 0.15) is 31.4 Å². The summed E-state index contributed by atoms with van der Waals surface area (Å²) >= 11 is 0. The van der Waals surface area contributed by atoms with Gasteiger partial charge in [-0.2, -0.15) is 0 Å². The Bertz CT molecular complexity index is 1020. The topological polar surface area (TPSA) is 50.3 Å². The van der Waals surface area contributed by atoms with E-state index in [-0.39, 0.29) is 5.54 Å². The quantitative estimate of drug-likeness (QED) is 0.712. The second kappa shape index (κ2) is 6.92. The second-order valence-corrected chi connectivity index (χ2v) is 7.94. The van der Waals surface area contributed by atoms with Gasteiger partial charge in [-0.3, -0.25) is 4.98 Å². The van der Waals surface area contributed by atoms with Crippen LogP contribution < -0.4 is 10.2 Å². The van der Waals surface area contributed by atoms with Crippen LogP contribution in [0.4, 0.5) is 11.6 Å². The number of piperidine rings is 1. The van der Waals surface area contributed by atoms with Crippen LogP contribution in [0, 0.1) is 6.57 Å². The fraction of sp³-hybridized carbons (Fsp3) is 0.409. The molecule has 2 fully saturated rings. The number of nitrogens with one attached hydrogen (secondary N) is 1. The highest BCUT2D eigenvalue weighted by molar-refractivity contribution is 5.79. The summed E-state index contributed by atoms with van der Waals surface area (Å²) in [5.41, 5.74) is 3.92. The molecule has 2 saturated heterocycles. The molecule has 1 spiro atoms. The molecule has 1 atom stereocenters. The summed E-state index contributed by atoms with van der Waals surface area (Å²) < 4.78 is 2.28. The van der Waals surface area contributed by atoms with Crippen molar-refractivity contribution < 1.29 is 0 Å². The summed E-state index contributed by atoms with van der Waals surface area (Å²) in [5, 5.41) is 3.77. The van der Waals surface area contributed by atoms with Gasteiger partial charge >= 0.3 is 0 Å². The Morgan fingerprint density at radius 3 is 2.82 bits per heavy atom. The zero-order chi connectivity index (χ0) is 19.0. The van der Waals surface area contributed by atoms with Gasteiger partial charge in [0.05, 0.1) is 29.8 Å². The van der Waals surface area contributed by atoms with E-state index in [0.29, 0.717) is 12.2 Å². The van der Waals surface area contributed by atoms with Gasteiger partial charge in [-0.25, -0.2) is 9.83 Å². The zero-order valence-corrected chi connectivity index (χ0v) is 15.9. The third kappa shape index (κ3) is 3.02. The van der Waals surface area contributed by atoms with Crippen LogP contribution in [0.2, 0.25) is 0 Å². The van der Waals surface area contributed by atoms with Crippen molar-refractivity contribution in [2.24, 2.45) is 0 Å². The standard InChI is InChI=1S/C22H24N6/c1-23-17-8-9-18(24-14-17)15-28-20-7-3-2-6-19(20)26-21(28)27-13-5-11-22(16-27)10-4-12-25-22/h2-3,6-9,14,25H,4-5,10-13,15-16H2. The number of benzene rings is 1. The highest BCUT2D eigenvalue weighted by Gasteiger charge is 2.38. The summed E-state index contributed by atoms with van der Waals surface area (Å²) in [6, 6.07) is 12.1. The van der Waals surface area contributed by atoms with Crippen LogP contribution in [0.25, 0.3) is 15.9 Å². The molecule has 0 aliphatic carbocycles. The number of para-hydroxylation sites is 2. The number of pyridine rings is 1. The molecule has 4 heterocycles. The van der Waals surface area contributed by atoms with Gasteiger partial charge in [-0.15, -0.1) is 0 Å². The summed E-state index contributed by atoms with van der Waals surface area (Å²) in [6.07, 6.45) is 6.61. The Morgan fingerprint density at radius 2 is 2.04 bits per heavy atom. The lowest BCUT2D eigenvalue weighted by Crippen LogP contribution is -2.54. The fourth-order valence-corrected chi connectivity index (χ4v) is 4.72. The predicted octanol–water partition coefficient (Wildman–Crippen LogP) is 3.75. The lowest BCUT2D eigenvalue weighted by atomic mass is 9.88. The van der Waals surface area contributed by atoms with Gasteiger partial charge in [-0.05, 0) is 50.4 Å². The molecule has 1 aromatic carbocycles. The van der Waals surface area contributed by atoms with Crippen LogP contribution >= 0.6 is 0 Å². The van der Waals surface area contributed by atoms with E-state index < -0.39 is 0 Å². The number of fused-ring (bicyclic) bond motifs is 1. The van der Waals surface area contributed by atoms with Crippen molar-refractivity contribution >= 4 is 22.7 Å². The molecule has 0 radical (unpaired) electrons. The van der Waals surface area contributed by atoms with Gasteiger partial charge in [0.1, 0.15) is 0 Å². The van der Waals surface area contributed by atoms with Crippen LogP contribution in [0.5, 0.6) is 0 Å². The number of hydrogen-bond acceptors (Lipinski definition) is 4. The molecule has 0 amide bonds. The van der Waals surface area contributed by atoms with Gasteiger partial charge in [0, 0.05) is 24.8 Å². The monoisotopic (exact) mass is 372 g/mol. The first-order valence-electron chi connectivity index (χ1n) is 10.0. The minimum absolute atomic E-state index is 0.247. The summed E-state index contributed by atoms with van der Waals surface area (Å²) in [6.45, 7) is 11.0. The van der Waals surface area contributed by atoms with Crippen molar-refractivity contribution in [3.8, 4) is 0 Å². The summed E-state index contributed by atoms with van der Waals surface area (Å²) in [5.74, 6) is 1.03. The minimum Gasteiger partial charge on any atom is -0.340 e. The molecule has 1 unspecified atom stereocenters. The maximum atomic E-state index is 7.12. The molecule has 0 saturated carbocycles. The first-order valence-corrected chi connectivity index (χ1v) is 10.0. The van der Waals surface area contributed by atoms with E-state index in [1.165, 1.54) is 25.7 Å². The largest absolute Gasteiger partial charge is 0.340 e. The number of anilines is 1. The van der Waals surface area contributed by atoms with E-state index in [1.54, 1.807) is 6.20 Å². The number of rotatable bonds is 3. The van der Waals surface area contributed by atoms with E-state index >= 15 is 0 Å². The van der Waals surface area contributed by atoms with Crippen molar-refractivity contribution in [1.82, 2.24) is 19.9 Å².